The number of amides is 1. The lowest BCUT2D eigenvalue weighted by molar-refractivity contribution is -0.119. The van der Waals surface area contributed by atoms with Gasteiger partial charge in [-0.15, -0.1) is 0 Å². The second kappa shape index (κ2) is 6.84. The van der Waals surface area contributed by atoms with Crippen molar-refractivity contribution in [3.8, 4) is 0 Å². The van der Waals surface area contributed by atoms with Gasteiger partial charge in [0.05, 0.1) is 17.9 Å². The zero-order valence-electron chi connectivity index (χ0n) is 14.5. The molecule has 2 saturated heterocycles. The first-order chi connectivity index (χ1) is 12.2. The first-order valence-corrected chi connectivity index (χ1v) is 8.93. The number of hydrogen-bond acceptors (Lipinski definition) is 5. The Hall–Kier alpha value is -2.41. The predicted octanol–water partition coefficient (Wildman–Crippen LogP) is 1.18. The molecule has 2 aromatic heterocycles. The number of anilines is 2. The summed E-state index contributed by atoms with van der Waals surface area (Å²) in [6.45, 7) is 2.71. The molecular weight excluding hydrogens is 316 g/mol. The Morgan fingerprint density at radius 3 is 2.68 bits per heavy atom. The molecule has 2 aliphatic heterocycles. The summed E-state index contributed by atoms with van der Waals surface area (Å²) in [6, 6.07) is 6.34. The highest BCUT2D eigenvalue weighted by atomic mass is 16.2. The Labute approximate surface area is 147 Å². The van der Waals surface area contributed by atoms with Crippen molar-refractivity contribution in [1.82, 2.24) is 20.1 Å². The average Bonchev–Trinajstić information content (AvgIpc) is 3.23. The number of carbonyl (C=O) groups excluding carboxylic acids is 1. The number of rotatable bonds is 4. The van der Waals surface area contributed by atoms with E-state index in [0.29, 0.717) is 6.04 Å². The third-order valence-corrected chi connectivity index (χ3v) is 5.11. The molecule has 1 N–H and O–H groups in total. The van der Waals surface area contributed by atoms with Gasteiger partial charge in [-0.2, -0.15) is 5.10 Å². The zero-order chi connectivity index (χ0) is 17.2. The molecule has 4 rings (SSSR count). The smallest absolute Gasteiger partial charge is 0.244 e. The van der Waals surface area contributed by atoms with E-state index in [1.165, 1.54) is 0 Å². The lowest BCUT2D eigenvalue weighted by Crippen LogP contribution is -2.49. The molecule has 0 spiro atoms. The van der Waals surface area contributed by atoms with Crippen LogP contribution in [0.3, 0.4) is 0 Å². The number of hydrogen-bond donors (Lipinski definition) is 1. The molecule has 4 heterocycles. The van der Waals surface area contributed by atoms with Gasteiger partial charge in [-0.1, -0.05) is 6.07 Å². The van der Waals surface area contributed by atoms with Crippen LogP contribution in [0.15, 0.2) is 36.8 Å². The predicted molar refractivity (Wildman–Crippen MR) is 96.6 cm³/mol. The summed E-state index contributed by atoms with van der Waals surface area (Å²) in [7, 11) is 1.87. The Balaban J connectivity index is 1.31. The molecule has 1 atom stereocenters. The first kappa shape index (κ1) is 16.1. The van der Waals surface area contributed by atoms with Gasteiger partial charge in [0.1, 0.15) is 5.82 Å². The van der Waals surface area contributed by atoms with Crippen LogP contribution in [0.25, 0.3) is 0 Å². The third-order valence-electron chi connectivity index (χ3n) is 5.11. The van der Waals surface area contributed by atoms with Crippen molar-refractivity contribution < 1.29 is 4.79 Å². The van der Waals surface area contributed by atoms with Gasteiger partial charge in [-0.05, 0) is 31.4 Å². The summed E-state index contributed by atoms with van der Waals surface area (Å²) in [5, 5.41) is 7.75. The number of nitrogens with one attached hydrogen (secondary N) is 1. The van der Waals surface area contributed by atoms with E-state index >= 15 is 0 Å². The fourth-order valence-corrected chi connectivity index (χ4v) is 3.74. The normalized spacial score (nSPS) is 22.0. The fourth-order valence-electron chi connectivity index (χ4n) is 3.74. The number of nitrogens with zero attached hydrogens (tertiary/aromatic N) is 5. The lowest BCUT2D eigenvalue weighted by Gasteiger charge is -2.34. The summed E-state index contributed by atoms with van der Waals surface area (Å²) >= 11 is 0. The Morgan fingerprint density at radius 1 is 1.16 bits per heavy atom. The van der Waals surface area contributed by atoms with Gasteiger partial charge in [0.15, 0.2) is 0 Å². The van der Waals surface area contributed by atoms with Crippen LogP contribution in [0.2, 0.25) is 0 Å². The highest BCUT2D eigenvalue weighted by molar-refractivity contribution is 5.99. The first-order valence-electron chi connectivity index (χ1n) is 8.93. The molecule has 2 aromatic rings. The molecule has 132 valence electrons. The number of piperidine rings is 1. The van der Waals surface area contributed by atoms with Crippen LogP contribution in [0.1, 0.15) is 19.3 Å². The summed E-state index contributed by atoms with van der Waals surface area (Å²) in [5.74, 6) is 1.21. The van der Waals surface area contributed by atoms with Crippen LogP contribution in [0.5, 0.6) is 0 Å². The number of aromatic nitrogens is 3. The lowest BCUT2D eigenvalue weighted by atomic mass is 10.0. The van der Waals surface area contributed by atoms with Gasteiger partial charge in [-0.25, -0.2) is 4.98 Å². The van der Waals surface area contributed by atoms with Crippen molar-refractivity contribution in [2.45, 2.75) is 31.3 Å². The van der Waals surface area contributed by atoms with E-state index in [1.807, 2.05) is 36.5 Å². The van der Waals surface area contributed by atoms with E-state index in [1.54, 1.807) is 10.9 Å². The molecule has 0 bridgehead atoms. The minimum atomic E-state index is -0.0772. The Kier molecular flexibility index (Phi) is 4.40. The summed E-state index contributed by atoms with van der Waals surface area (Å²) < 4.78 is 1.73. The van der Waals surface area contributed by atoms with Gasteiger partial charge in [-0.3, -0.25) is 9.48 Å². The average molecular weight is 340 g/mol. The van der Waals surface area contributed by atoms with E-state index in [-0.39, 0.29) is 11.9 Å². The summed E-state index contributed by atoms with van der Waals surface area (Å²) in [6.07, 6.45) is 8.41. The third kappa shape index (κ3) is 3.37. The van der Waals surface area contributed by atoms with Crippen molar-refractivity contribution in [2.24, 2.45) is 7.05 Å². The second-order valence-electron chi connectivity index (χ2n) is 6.82. The van der Waals surface area contributed by atoms with E-state index in [9.17, 15) is 4.79 Å². The minimum Gasteiger partial charge on any atom is -0.357 e. The quantitative estimate of drug-likeness (QED) is 0.905. The molecule has 2 fully saturated rings. The molecule has 0 saturated carbocycles. The van der Waals surface area contributed by atoms with Gasteiger partial charge < -0.3 is 15.1 Å². The maximum absolute atomic E-state index is 12.7. The highest BCUT2D eigenvalue weighted by Crippen LogP contribution is 2.23. The highest BCUT2D eigenvalue weighted by Gasteiger charge is 2.35. The molecular formula is C18H24N6O. The molecule has 0 aliphatic carbocycles. The number of aryl methyl sites for hydroxylation is 1. The molecule has 2 aliphatic rings. The van der Waals surface area contributed by atoms with Gasteiger partial charge >= 0.3 is 0 Å². The van der Waals surface area contributed by atoms with Crippen molar-refractivity contribution in [2.75, 3.05) is 29.4 Å². The zero-order valence-corrected chi connectivity index (χ0v) is 14.5. The van der Waals surface area contributed by atoms with E-state index in [4.69, 9.17) is 0 Å². The van der Waals surface area contributed by atoms with Gasteiger partial charge in [0, 0.05) is 45.1 Å². The Morgan fingerprint density at radius 2 is 2.00 bits per heavy atom. The van der Waals surface area contributed by atoms with Crippen molar-refractivity contribution in [3.05, 3.63) is 36.8 Å². The van der Waals surface area contributed by atoms with E-state index < -0.39 is 0 Å². The van der Waals surface area contributed by atoms with Crippen LogP contribution >= 0.6 is 0 Å². The van der Waals surface area contributed by atoms with Gasteiger partial charge in [0.25, 0.3) is 0 Å². The van der Waals surface area contributed by atoms with Crippen LogP contribution in [0.4, 0.5) is 11.5 Å². The van der Waals surface area contributed by atoms with E-state index in [2.05, 4.69) is 26.4 Å². The van der Waals surface area contributed by atoms with E-state index in [0.717, 1.165) is 50.4 Å². The monoisotopic (exact) mass is 340 g/mol. The minimum absolute atomic E-state index is 0.0772. The van der Waals surface area contributed by atoms with Crippen LogP contribution < -0.4 is 15.1 Å². The molecule has 7 nitrogen and oxygen atoms in total. The SMILES string of the molecule is Cn1cc(N2CCC(NC3CCN(c4ccccn4)CC3)C2=O)cn1. The largest absolute Gasteiger partial charge is 0.357 e. The maximum atomic E-state index is 12.7. The molecule has 1 amide bonds. The van der Waals surface area contributed by atoms with Crippen molar-refractivity contribution in [3.63, 3.8) is 0 Å². The molecule has 0 radical (unpaired) electrons. The molecule has 1 unspecified atom stereocenters. The van der Waals surface area contributed by atoms with Crippen LogP contribution in [0, 0.1) is 0 Å². The van der Waals surface area contributed by atoms with Crippen LogP contribution in [-0.4, -0.2) is 52.4 Å². The molecule has 25 heavy (non-hydrogen) atoms. The van der Waals surface area contributed by atoms with Crippen molar-refractivity contribution in [1.29, 1.82) is 0 Å². The fraction of sp³-hybridized carbons (Fsp3) is 0.500. The molecule has 0 aromatic carbocycles. The molecule has 7 heteroatoms. The topological polar surface area (TPSA) is 66.3 Å². The van der Waals surface area contributed by atoms with Crippen LogP contribution in [-0.2, 0) is 11.8 Å². The number of pyridine rings is 1. The Bertz CT molecular complexity index is 722. The summed E-state index contributed by atoms with van der Waals surface area (Å²) in [5.41, 5.74) is 0.891. The standard InChI is InChI=1S/C18H24N6O/c1-22-13-15(12-20-22)24-11-7-16(18(24)25)21-14-5-9-23(10-6-14)17-4-2-3-8-19-17/h2-4,8,12-14,16,21H,5-7,9-11H2,1H3. The second-order valence-corrected chi connectivity index (χ2v) is 6.82. The maximum Gasteiger partial charge on any atom is 0.244 e. The number of carbonyl (C=O) groups is 1. The van der Waals surface area contributed by atoms with Crippen molar-refractivity contribution >= 4 is 17.4 Å². The van der Waals surface area contributed by atoms with Gasteiger partial charge in [0.2, 0.25) is 5.91 Å². The summed E-state index contributed by atoms with van der Waals surface area (Å²) in [4.78, 5) is 21.3.